The molecule has 1 aromatic carbocycles. The highest BCUT2D eigenvalue weighted by Gasteiger charge is 2.37. The first-order valence-corrected chi connectivity index (χ1v) is 7.84. The number of rotatable bonds is 2. The van der Waals surface area contributed by atoms with Gasteiger partial charge in [0.05, 0.1) is 0 Å². The zero-order chi connectivity index (χ0) is 13.7. The second kappa shape index (κ2) is 5.45. The molecule has 0 aliphatic carbocycles. The molecule has 0 unspecified atom stereocenters. The van der Waals surface area contributed by atoms with Crippen LogP contribution in [0.25, 0.3) is 0 Å². The minimum atomic E-state index is -0.0378. The van der Waals surface area contributed by atoms with Gasteiger partial charge >= 0.3 is 0 Å². The highest BCUT2D eigenvalue weighted by atomic mass is 35.5. The molecule has 1 aromatic rings. The molecule has 4 rings (SSSR count). The maximum absolute atomic E-state index is 6.19. The Hall–Kier alpha value is -0.770. The van der Waals surface area contributed by atoms with Gasteiger partial charge in [-0.25, -0.2) is 0 Å². The van der Waals surface area contributed by atoms with Crippen LogP contribution >= 0.6 is 12.4 Å². The lowest BCUT2D eigenvalue weighted by Gasteiger charge is -2.21. The van der Waals surface area contributed by atoms with Gasteiger partial charge in [0, 0.05) is 31.6 Å². The fraction of sp³-hybridized carbons (Fsp3) is 0.647. The SMILES string of the molecule is CC1(C)Cc2cccc(CN3C[C@H]4CNC[C@H]4C3)c2O1.Cl. The molecule has 0 aromatic heterocycles. The number of benzene rings is 1. The summed E-state index contributed by atoms with van der Waals surface area (Å²) < 4.78 is 6.19. The van der Waals surface area contributed by atoms with E-state index in [-0.39, 0.29) is 18.0 Å². The lowest BCUT2D eigenvalue weighted by molar-refractivity contribution is 0.135. The van der Waals surface area contributed by atoms with E-state index < -0.39 is 0 Å². The summed E-state index contributed by atoms with van der Waals surface area (Å²) in [4.78, 5) is 2.61. The number of ether oxygens (including phenoxy) is 1. The van der Waals surface area contributed by atoms with Crippen LogP contribution in [0.3, 0.4) is 0 Å². The summed E-state index contributed by atoms with van der Waals surface area (Å²) in [5.74, 6) is 2.89. The van der Waals surface area contributed by atoms with Crippen molar-refractivity contribution in [3.63, 3.8) is 0 Å². The average Bonchev–Trinajstić information content (AvgIpc) is 3.00. The Bertz CT molecular complexity index is 520. The zero-order valence-electron chi connectivity index (χ0n) is 12.9. The van der Waals surface area contributed by atoms with Crippen molar-refractivity contribution in [2.24, 2.45) is 11.8 Å². The van der Waals surface area contributed by atoms with Gasteiger partial charge in [0.2, 0.25) is 0 Å². The molecular weight excluding hydrogens is 284 g/mol. The Morgan fingerprint density at radius 3 is 2.67 bits per heavy atom. The van der Waals surface area contributed by atoms with Crippen molar-refractivity contribution in [2.75, 3.05) is 26.2 Å². The zero-order valence-corrected chi connectivity index (χ0v) is 13.7. The lowest BCUT2D eigenvalue weighted by atomic mass is 10.0. The molecule has 3 heterocycles. The quantitative estimate of drug-likeness (QED) is 0.908. The third-order valence-corrected chi connectivity index (χ3v) is 5.03. The summed E-state index contributed by atoms with van der Waals surface area (Å²) in [6, 6.07) is 6.65. The standard InChI is InChI=1S/C17H24N2O.ClH/c1-17(2)6-12-4-3-5-13(16(12)20-17)9-19-10-14-7-18-8-15(14)11-19;/h3-5,14-15,18H,6-11H2,1-2H3;1H/t14-,15+;. The molecule has 2 fully saturated rings. The van der Waals surface area contributed by atoms with Crippen LogP contribution in [0, 0.1) is 11.8 Å². The van der Waals surface area contributed by atoms with Crippen molar-refractivity contribution in [2.45, 2.75) is 32.4 Å². The maximum Gasteiger partial charge on any atom is 0.127 e. The van der Waals surface area contributed by atoms with E-state index in [0.29, 0.717) is 0 Å². The third-order valence-electron chi connectivity index (χ3n) is 5.03. The van der Waals surface area contributed by atoms with Crippen LogP contribution < -0.4 is 10.1 Å². The van der Waals surface area contributed by atoms with E-state index in [1.54, 1.807) is 0 Å². The largest absolute Gasteiger partial charge is 0.487 e. The van der Waals surface area contributed by atoms with Gasteiger partial charge < -0.3 is 10.1 Å². The molecule has 0 radical (unpaired) electrons. The number of para-hydroxylation sites is 1. The summed E-state index contributed by atoms with van der Waals surface area (Å²) in [5.41, 5.74) is 2.72. The Kier molecular flexibility index (Phi) is 3.93. The Balaban J connectivity index is 0.00000132. The summed E-state index contributed by atoms with van der Waals surface area (Å²) in [6.45, 7) is 10.3. The van der Waals surface area contributed by atoms with E-state index in [2.05, 4.69) is 42.3 Å². The molecule has 0 spiro atoms. The van der Waals surface area contributed by atoms with Crippen molar-refractivity contribution in [1.82, 2.24) is 10.2 Å². The summed E-state index contributed by atoms with van der Waals surface area (Å²) in [5, 5.41) is 3.51. The minimum Gasteiger partial charge on any atom is -0.487 e. The van der Waals surface area contributed by atoms with Gasteiger partial charge in [0.1, 0.15) is 11.4 Å². The van der Waals surface area contributed by atoms with E-state index in [1.165, 1.54) is 37.3 Å². The molecule has 21 heavy (non-hydrogen) atoms. The van der Waals surface area contributed by atoms with Crippen molar-refractivity contribution < 1.29 is 4.74 Å². The van der Waals surface area contributed by atoms with Gasteiger partial charge in [0.15, 0.2) is 0 Å². The maximum atomic E-state index is 6.19. The molecule has 3 nitrogen and oxygen atoms in total. The van der Waals surface area contributed by atoms with Gasteiger partial charge in [-0.3, -0.25) is 4.90 Å². The van der Waals surface area contributed by atoms with Crippen LogP contribution in [-0.2, 0) is 13.0 Å². The van der Waals surface area contributed by atoms with Crippen molar-refractivity contribution >= 4 is 12.4 Å². The van der Waals surface area contributed by atoms with Crippen molar-refractivity contribution in [1.29, 1.82) is 0 Å². The van der Waals surface area contributed by atoms with E-state index in [9.17, 15) is 0 Å². The molecule has 3 aliphatic rings. The van der Waals surface area contributed by atoms with Gasteiger partial charge in [-0.2, -0.15) is 0 Å². The number of hydrogen-bond donors (Lipinski definition) is 1. The first-order valence-electron chi connectivity index (χ1n) is 7.84. The fourth-order valence-electron chi connectivity index (χ4n) is 4.13. The van der Waals surface area contributed by atoms with E-state index in [0.717, 1.165) is 30.6 Å². The topological polar surface area (TPSA) is 24.5 Å². The monoisotopic (exact) mass is 308 g/mol. The predicted molar refractivity (Wildman–Crippen MR) is 87.2 cm³/mol. The predicted octanol–water partition coefficient (Wildman–Crippen LogP) is 2.47. The minimum absolute atomic E-state index is 0. The molecule has 2 atom stereocenters. The van der Waals surface area contributed by atoms with Crippen LogP contribution in [-0.4, -0.2) is 36.7 Å². The molecule has 0 saturated carbocycles. The number of likely N-dealkylation sites (tertiary alicyclic amines) is 1. The normalized spacial score (nSPS) is 29.6. The highest BCUT2D eigenvalue weighted by Crippen LogP contribution is 2.39. The molecular formula is C17H25ClN2O. The third kappa shape index (κ3) is 2.79. The van der Waals surface area contributed by atoms with E-state index in [4.69, 9.17) is 4.74 Å². The number of fused-ring (bicyclic) bond motifs is 2. The number of nitrogens with one attached hydrogen (secondary N) is 1. The Morgan fingerprint density at radius 2 is 1.95 bits per heavy atom. The van der Waals surface area contributed by atoms with Crippen LogP contribution in [0.4, 0.5) is 0 Å². The smallest absolute Gasteiger partial charge is 0.127 e. The first kappa shape index (κ1) is 15.1. The Morgan fingerprint density at radius 1 is 1.24 bits per heavy atom. The second-order valence-corrected chi connectivity index (χ2v) is 7.32. The Labute approximate surface area is 133 Å². The number of halogens is 1. The van der Waals surface area contributed by atoms with Gasteiger partial charge in [-0.05, 0) is 44.3 Å². The van der Waals surface area contributed by atoms with Gasteiger partial charge in [-0.1, -0.05) is 18.2 Å². The molecule has 4 heteroatoms. The molecule has 1 N–H and O–H groups in total. The number of nitrogens with zero attached hydrogens (tertiary/aromatic N) is 1. The molecule has 0 bridgehead atoms. The average molecular weight is 309 g/mol. The van der Waals surface area contributed by atoms with Gasteiger partial charge in [0.25, 0.3) is 0 Å². The molecule has 116 valence electrons. The second-order valence-electron chi connectivity index (χ2n) is 7.32. The van der Waals surface area contributed by atoms with Crippen LogP contribution in [0.1, 0.15) is 25.0 Å². The highest BCUT2D eigenvalue weighted by molar-refractivity contribution is 5.85. The first-order chi connectivity index (χ1) is 9.61. The molecule has 0 amide bonds. The van der Waals surface area contributed by atoms with Crippen molar-refractivity contribution in [3.05, 3.63) is 29.3 Å². The van der Waals surface area contributed by atoms with Crippen molar-refractivity contribution in [3.8, 4) is 5.75 Å². The summed E-state index contributed by atoms with van der Waals surface area (Å²) >= 11 is 0. The number of hydrogen-bond acceptors (Lipinski definition) is 3. The van der Waals surface area contributed by atoms with E-state index in [1.807, 2.05) is 0 Å². The summed E-state index contributed by atoms with van der Waals surface area (Å²) in [7, 11) is 0. The van der Waals surface area contributed by atoms with Crippen LogP contribution in [0.15, 0.2) is 18.2 Å². The fourth-order valence-corrected chi connectivity index (χ4v) is 4.13. The molecule has 2 saturated heterocycles. The lowest BCUT2D eigenvalue weighted by Crippen LogP contribution is -2.26. The van der Waals surface area contributed by atoms with Crippen LogP contribution in [0.2, 0.25) is 0 Å². The summed E-state index contributed by atoms with van der Waals surface area (Å²) in [6.07, 6.45) is 1.03. The molecule has 3 aliphatic heterocycles. The van der Waals surface area contributed by atoms with E-state index >= 15 is 0 Å². The van der Waals surface area contributed by atoms with Gasteiger partial charge in [-0.15, -0.1) is 12.4 Å². The van der Waals surface area contributed by atoms with Crippen LogP contribution in [0.5, 0.6) is 5.75 Å².